The number of anilines is 1. The molecule has 0 aliphatic rings. The van der Waals surface area contributed by atoms with Gasteiger partial charge in [0.2, 0.25) is 5.91 Å². The highest BCUT2D eigenvalue weighted by Gasteiger charge is 2.23. The van der Waals surface area contributed by atoms with Gasteiger partial charge in [-0.3, -0.25) is 14.9 Å². The predicted octanol–water partition coefficient (Wildman–Crippen LogP) is 5.95. The third kappa shape index (κ3) is 6.53. The summed E-state index contributed by atoms with van der Waals surface area (Å²) in [6.45, 7) is 2.16. The van der Waals surface area contributed by atoms with E-state index in [1.54, 1.807) is 48.7 Å². The largest absolute Gasteiger partial charge is 0.494 e. The summed E-state index contributed by atoms with van der Waals surface area (Å²) in [6, 6.07) is 12.9. The van der Waals surface area contributed by atoms with E-state index in [0.29, 0.717) is 39.9 Å². The first-order valence-corrected chi connectivity index (χ1v) is 11.4. The van der Waals surface area contributed by atoms with Gasteiger partial charge in [-0.1, -0.05) is 23.7 Å². The number of nitrogens with zero attached hydrogens (tertiary/aromatic N) is 1. The average molecular weight is 489 g/mol. The monoisotopic (exact) mass is 488 g/mol. The van der Waals surface area contributed by atoms with Crippen LogP contribution in [0.1, 0.15) is 30.1 Å². The third-order valence-electron chi connectivity index (χ3n) is 4.52. The van der Waals surface area contributed by atoms with Crippen LogP contribution in [-0.2, 0) is 9.53 Å². The van der Waals surface area contributed by atoms with Crippen molar-refractivity contribution in [1.82, 2.24) is 0 Å². The molecule has 0 fully saturated rings. The Balaban J connectivity index is 1.69. The number of benzene rings is 2. The van der Waals surface area contributed by atoms with Gasteiger partial charge in [0.25, 0.3) is 5.69 Å². The van der Waals surface area contributed by atoms with Crippen LogP contribution in [0.15, 0.2) is 53.9 Å². The maximum absolute atomic E-state index is 12.6. The number of amides is 1. The molecule has 172 valence electrons. The second-order valence-corrected chi connectivity index (χ2v) is 8.15. The lowest BCUT2D eigenvalue weighted by Crippen LogP contribution is -2.15. The Morgan fingerprint density at radius 3 is 2.64 bits per heavy atom. The van der Waals surface area contributed by atoms with Crippen LogP contribution in [0.25, 0.3) is 11.1 Å². The molecule has 0 saturated heterocycles. The van der Waals surface area contributed by atoms with E-state index in [4.69, 9.17) is 21.1 Å². The maximum atomic E-state index is 12.6. The predicted molar refractivity (Wildman–Crippen MR) is 127 cm³/mol. The number of nitro benzene ring substituents is 1. The van der Waals surface area contributed by atoms with Crippen LogP contribution in [0.3, 0.4) is 0 Å². The lowest BCUT2D eigenvalue weighted by molar-refractivity contribution is -0.384. The number of hydrogen-bond donors (Lipinski definition) is 1. The summed E-state index contributed by atoms with van der Waals surface area (Å²) in [5.74, 6) is -0.237. The van der Waals surface area contributed by atoms with Crippen LogP contribution < -0.4 is 10.1 Å². The summed E-state index contributed by atoms with van der Waals surface area (Å²) in [4.78, 5) is 35.7. The minimum Gasteiger partial charge on any atom is -0.494 e. The number of nitro groups is 1. The summed E-state index contributed by atoms with van der Waals surface area (Å²) >= 11 is 7.00. The molecule has 8 nitrogen and oxygen atoms in total. The molecule has 0 saturated carbocycles. The summed E-state index contributed by atoms with van der Waals surface area (Å²) in [5, 5.41) is 16.5. The normalized spacial score (nSPS) is 10.5. The second kappa shape index (κ2) is 11.4. The zero-order chi connectivity index (χ0) is 23.8. The first-order valence-electron chi connectivity index (χ1n) is 10.1. The first kappa shape index (κ1) is 24.2. The van der Waals surface area contributed by atoms with Gasteiger partial charge >= 0.3 is 5.97 Å². The number of rotatable bonds is 10. The number of carbonyl (C=O) groups excluding carboxylic acids is 2. The summed E-state index contributed by atoms with van der Waals surface area (Å²) in [7, 11) is 0. The second-order valence-electron chi connectivity index (χ2n) is 6.84. The molecular weight excluding hydrogens is 468 g/mol. The zero-order valence-corrected chi connectivity index (χ0v) is 19.3. The lowest BCUT2D eigenvalue weighted by atomic mass is 10.0. The molecule has 3 aromatic rings. The van der Waals surface area contributed by atoms with Gasteiger partial charge in [-0.2, -0.15) is 0 Å². The van der Waals surface area contributed by atoms with E-state index in [1.165, 1.54) is 12.1 Å². The molecule has 0 atom stereocenters. The molecule has 33 heavy (non-hydrogen) atoms. The summed E-state index contributed by atoms with van der Waals surface area (Å²) in [5.41, 5.74) is 1.02. The number of non-ortho nitro benzene ring substituents is 1. The smallest absolute Gasteiger partial charge is 0.341 e. The topological polar surface area (TPSA) is 108 Å². The highest BCUT2D eigenvalue weighted by molar-refractivity contribution is 7.15. The van der Waals surface area contributed by atoms with E-state index in [1.807, 2.05) is 0 Å². The zero-order valence-electron chi connectivity index (χ0n) is 17.7. The van der Waals surface area contributed by atoms with Crippen molar-refractivity contribution in [3.8, 4) is 16.9 Å². The molecule has 0 aliphatic carbocycles. The number of ether oxygens (including phenoxy) is 2. The van der Waals surface area contributed by atoms with Crippen LogP contribution >= 0.6 is 22.9 Å². The molecule has 1 N–H and O–H groups in total. The Labute approximate surface area is 199 Å². The van der Waals surface area contributed by atoms with Gasteiger partial charge in [-0.05, 0) is 43.2 Å². The van der Waals surface area contributed by atoms with Crippen molar-refractivity contribution in [2.75, 3.05) is 18.5 Å². The van der Waals surface area contributed by atoms with Crippen LogP contribution in [0.4, 0.5) is 10.7 Å². The van der Waals surface area contributed by atoms with E-state index in [9.17, 15) is 19.7 Å². The van der Waals surface area contributed by atoms with Gasteiger partial charge in [0.15, 0.2) is 0 Å². The fourth-order valence-corrected chi connectivity index (χ4v) is 4.10. The molecule has 1 amide bonds. The molecular formula is C23H21ClN2O6S. The van der Waals surface area contributed by atoms with Crippen molar-refractivity contribution in [3.05, 3.63) is 74.6 Å². The molecule has 0 aliphatic heterocycles. The minimum absolute atomic E-state index is 0.0974. The van der Waals surface area contributed by atoms with Gasteiger partial charge in [0.05, 0.1) is 18.1 Å². The fraction of sp³-hybridized carbons (Fsp3) is 0.217. The molecule has 10 heteroatoms. The average Bonchev–Trinajstić information content (AvgIpc) is 3.21. The number of esters is 1. The molecule has 0 unspecified atom stereocenters. The van der Waals surface area contributed by atoms with Crippen molar-refractivity contribution in [1.29, 1.82) is 0 Å². The number of thiophene rings is 1. The summed E-state index contributed by atoms with van der Waals surface area (Å²) < 4.78 is 10.7. The van der Waals surface area contributed by atoms with Gasteiger partial charge in [-0.25, -0.2) is 4.79 Å². The highest BCUT2D eigenvalue weighted by atomic mass is 35.5. The SMILES string of the molecule is CCOC(=O)c1c(-c2cccc([N+](=O)[O-])c2)csc1NC(=O)CCCOc1ccc(Cl)cc1. The fourth-order valence-electron chi connectivity index (χ4n) is 3.00. The maximum Gasteiger partial charge on any atom is 0.341 e. The Hall–Kier alpha value is -3.43. The molecule has 3 rings (SSSR count). The van der Waals surface area contributed by atoms with Gasteiger partial charge < -0.3 is 14.8 Å². The molecule has 1 heterocycles. The van der Waals surface area contributed by atoms with Gasteiger partial charge in [0, 0.05) is 34.5 Å². The van der Waals surface area contributed by atoms with Crippen molar-refractivity contribution in [3.63, 3.8) is 0 Å². The Morgan fingerprint density at radius 2 is 1.94 bits per heavy atom. The van der Waals surface area contributed by atoms with Crippen LogP contribution in [0, 0.1) is 10.1 Å². The van der Waals surface area contributed by atoms with Crippen LogP contribution in [0.2, 0.25) is 5.02 Å². The molecule has 0 bridgehead atoms. The van der Waals surface area contributed by atoms with Crippen molar-refractivity contribution in [2.45, 2.75) is 19.8 Å². The first-order chi connectivity index (χ1) is 15.9. The Morgan fingerprint density at radius 1 is 1.18 bits per heavy atom. The number of carbonyl (C=O) groups is 2. The third-order valence-corrected chi connectivity index (χ3v) is 5.67. The highest BCUT2D eigenvalue weighted by Crippen LogP contribution is 2.37. The summed E-state index contributed by atoms with van der Waals surface area (Å²) in [6.07, 6.45) is 0.645. The van der Waals surface area contributed by atoms with E-state index in [0.717, 1.165) is 11.3 Å². The van der Waals surface area contributed by atoms with Crippen molar-refractivity contribution >= 4 is 45.5 Å². The van der Waals surface area contributed by atoms with Crippen molar-refractivity contribution in [2.24, 2.45) is 0 Å². The van der Waals surface area contributed by atoms with E-state index in [2.05, 4.69) is 5.32 Å². The van der Waals surface area contributed by atoms with Gasteiger partial charge in [-0.15, -0.1) is 11.3 Å². The minimum atomic E-state index is -0.610. The quantitative estimate of drug-likeness (QED) is 0.163. The Kier molecular flexibility index (Phi) is 8.39. The lowest BCUT2D eigenvalue weighted by Gasteiger charge is -2.09. The van der Waals surface area contributed by atoms with Crippen LogP contribution in [0.5, 0.6) is 5.75 Å². The number of hydrogen-bond acceptors (Lipinski definition) is 7. The van der Waals surface area contributed by atoms with Crippen molar-refractivity contribution < 1.29 is 24.0 Å². The molecule has 0 spiro atoms. The molecule has 0 radical (unpaired) electrons. The van der Waals surface area contributed by atoms with E-state index in [-0.39, 0.29) is 30.2 Å². The number of nitrogens with one attached hydrogen (secondary N) is 1. The molecule has 1 aromatic heterocycles. The standard InChI is InChI=1S/C23H21ClN2O6S/c1-2-31-23(28)21-19(15-5-3-6-17(13-15)26(29)30)14-33-22(21)25-20(27)7-4-12-32-18-10-8-16(24)9-11-18/h3,5-6,8-11,13-14H,2,4,7,12H2,1H3,(H,25,27). The van der Waals surface area contributed by atoms with E-state index >= 15 is 0 Å². The number of halogens is 1. The Bertz CT molecular complexity index is 1150. The van der Waals surface area contributed by atoms with Gasteiger partial charge in [0.1, 0.15) is 16.3 Å². The van der Waals surface area contributed by atoms with E-state index < -0.39 is 10.9 Å². The molecule has 2 aromatic carbocycles. The van der Waals surface area contributed by atoms with Crippen LogP contribution in [-0.4, -0.2) is 30.0 Å².